The maximum Gasteiger partial charge on any atom is 0.137 e. The second-order valence-electron chi connectivity index (χ2n) is 7.52. The lowest BCUT2D eigenvalue weighted by Crippen LogP contribution is -2.46. The average Bonchev–Trinajstić information content (AvgIpc) is 3.06. The summed E-state index contributed by atoms with van der Waals surface area (Å²) in [5.74, 6) is 0.637. The second kappa shape index (κ2) is 6.90. The second-order valence-corrected chi connectivity index (χ2v) is 7.52. The van der Waals surface area contributed by atoms with Crippen LogP contribution in [0.4, 0.5) is 10.2 Å². The summed E-state index contributed by atoms with van der Waals surface area (Å²) >= 11 is 0. The van der Waals surface area contributed by atoms with Crippen molar-refractivity contribution in [3.63, 3.8) is 0 Å². The first kappa shape index (κ1) is 17.9. The van der Waals surface area contributed by atoms with Crippen molar-refractivity contribution in [2.75, 3.05) is 18.4 Å². The maximum atomic E-state index is 14.1. The molecule has 3 aromatic rings. The van der Waals surface area contributed by atoms with Crippen molar-refractivity contribution in [1.82, 2.24) is 19.7 Å². The standard InChI is InChI=1S/C20H24FN5O/c1-20(2,27)13-6-7-19-23-11-17(26(19)12-13)15-4-3-5-18(24-15)25-16-10-22-9-8-14(16)21/h3-7,11-12,14,16,22,27H,8-10H2,1-2H3,(H,24,25). The number of alkyl halides is 1. The van der Waals surface area contributed by atoms with E-state index in [1.807, 2.05) is 40.9 Å². The maximum absolute atomic E-state index is 14.1. The fourth-order valence-electron chi connectivity index (χ4n) is 3.35. The number of imidazole rings is 1. The lowest BCUT2D eigenvalue weighted by atomic mass is 10.0. The number of rotatable bonds is 4. The Hall–Kier alpha value is -2.51. The number of piperidine rings is 1. The average molecular weight is 369 g/mol. The summed E-state index contributed by atoms with van der Waals surface area (Å²) in [5, 5.41) is 16.7. The smallest absolute Gasteiger partial charge is 0.137 e. The highest BCUT2D eigenvalue weighted by Crippen LogP contribution is 2.25. The summed E-state index contributed by atoms with van der Waals surface area (Å²) in [6.07, 6.45) is 3.25. The molecule has 142 valence electrons. The van der Waals surface area contributed by atoms with E-state index in [0.29, 0.717) is 25.3 Å². The van der Waals surface area contributed by atoms with Crippen LogP contribution in [0.15, 0.2) is 42.7 Å². The number of hydrogen-bond donors (Lipinski definition) is 3. The van der Waals surface area contributed by atoms with Gasteiger partial charge in [-0.2, -0.15) is 0 Å². The molecule has 0 bridgehead atoms. The molecule has 3 aromatic heterocycles. The number of aromatic nitrogens is 3. The van der Waals surface area contributed by atoms with Crippen molar-refractivity contribution in [1.29, 1.82) is 0 Å². The molecule has 0 aromatic carbocycles. The molecule has 3 N–H and O–H groups in total. The highest BCUT2D eigenvalue weighted by molar-refractivity contribution is 5.62. The first-order valence-corrected chi connectivity index (χ1v) is 9.20. The van der Waals surface area contributed by atoms with Gasteiger partial charge >= 0.3 is 0 Å². The summed E-state index contributed by atoms with van der Waals surface area (Å²) in [7, 11) is 0. The van der Waals surface area contributed by atoms with Crippen LogP contribution in [0.5, 0.6) is 0 Å². The van der Waals surface area contributed by atoms with E-state index in [1.165, 1.54) is 0 Å². The summed E-state index contributed by atoms with van der Waals surface area (Å²) in [6.45, 7) is 4.79. The third kappa shape index (κ3) is 3.65. The van der Waals surface area contributed by atoms with Crippen LogP contribution in [0, 0.1) is 0 Å². The molecule has 1 aliphatic rings. The Bertz CT molecular complexity index is 949. The SMILES string of the molecule is CC(C)(O)c1ccc2ncc(-c3cccc(NC4CNCCC4F)n3)n2c1. The minimum absolute atomic E-state index is 0.287. The molecular weight excluding hydrogens is 345 g/mol. The van der Waals surface area contributed by atoms with Crippen LogP contribution in [0.25, 0.3) is 17.0 Å². The van der Waals surface area contributed by atoms with Crippen LogP contribution >= 0.6 is 0 Å². The molecule has 6 nitrogen and oxygen atoms in total. The fourth-order valence-corrected chi connectivity index (χ4v) is 3.35. The number of nitrogens with one attached hydrogen (secondary N) is 2. The zero-order valence-electron chi connectivity index (χ0n) is 15.5. The Morgan fingerprint density at radius 1 is 1.30 bits per heavy atom. The van der Waals surface area contributed by atoms with E-state index in [9.17, 15) is 9.50 Å². The highest BCUT2D eigenvalue weighted by Gasteiger charge is 2.24. The molecule has 4 rings (SSSR count). The molecule has 1 fully saturated rings. The first-order valence-electron chi connectivity index (χ1n) is 9.20. The number of fused-ring (bicyclic) bond motifs is 1. The molecule has 0 aliphatic carbocycles. The molecule has 2 atom stereocenters. The van der Waals surface area contributed by atoms with E-state index in [2.05, 4.69) is 20.6 Å². The number of aliphatic hydroxyl groups is 1. The highest BCUT2D eigenvalue weighted by atomic mass is 19.1. The van der Waals surface area contributed by atoms with Crippen LogP contribution in [0.3, 0.4) is 0 Å². The van der Waals surface area contributed by atoms with E-state index in [-0.39, 0.29) is 6.04 Å². The quantitative estimate of drug-likeness (QED) is 0.659. The van der Waals surface area contributed by atoms with E-state index in [0.717, 1.165) is 22.6 Å². The topological polar surface area (TPSA) is 74.5 Å². The molecule has 1 aliphatic heterocycles. The Balaban J connectivity index is 1.67. The predicted octanol–water partition coefficient (Wildman–Crippen LogP) is 2.74. The predicted molar refractivity (Wildman–Crippen MR) is 103 cm³/mol. The van der Waals surface area contributed by atoms with Crippen molar-refractivity contribution in [3.8, 4) is 11.4 Å². The molecule has 1 saturated heterocycles. The summed E-state index contributed by atoms with van der Waals surface area (Å²) in [5.41, 5.74) is 2.17. The van der Waals surface area contributed by atoms with E-state index in [1.54, 1.807) is 20.0 Å². The Labute approximate surface area is 157 Å². The molecule has 7 heteroatoms. The largest absolute Gasteiger partial charge is 0.386 e. The van der Waals surface area contributed by atoms with Gasteiger partial charge in [-0.1, -0.05) is 12.1 Å². The van der Waals surface area contributed by atoms with Crippen LogP contribution in [0.2, 0.25) is 0 Å². The van der Waals surface area contributed by atoms with E-state index in [4.69, 9.17) is 0 Å². The summed E-state index contributed by atoms with van der Waals surface area (Å²) < 4.78 is 16.0. The van der Waals surface area contributed by atoms with Gasteiger partial charge in [0.1, 0.15) is 17.6 Å². The van der Waals surface area contributed by atoms with Gasteiger partial charge in [-0.05, 0) is 50.6 Å². The lowest BCUT2D eigenvalue weighted by Gasteiger charge is -2.28. The number of nitrogens with zero attached hydrogens (tertiary/aromatic N) is 3. The van der Waals surface area contributed by atoms with Gasteiger partial charge in [0.25, 0.3) is 0 Å². The van der Waals surface area contributed by atoms with Gasteiger partial charge in [0.2, 0.25) is 0 Å². The molecule has 2 unspecified atom stereocenters. The fraction of sp³-hybridized carbons (Fsp3) is 0.400. The molecule has 0 spiro atoms. The molecule has 0 radical (unpaired) electrons. The van der Waals surface area contributed by atoms with Gasteiger partial charge in [0.05, 0.1) is 29.2 Å². The van der Waals surface area contributed by atoms with E-state index < -0.39 is 11.8 Å². The van der Waals surface area contributed by atoms with Gasteiger partial charge in [0, 0.05) is 12.7 Å². The Morgan fingerprint density at radius 2 is 2.15 bits per heavy atom. The summed E-state index contributed by atoms with van der Waals surface area (Å²) in [6, 6.07) is 9.10. The van der Waals surface area contributed by atoms with Crippen LogP contribution in [0.1, 0.15) is 25.8 Å². The molecular formula is C20H24FN5O. The van der Waals surface area contributed by atoms with Crippen LogP contribution < -0.4 is 10.6 Å². The Morgan fingerprint density at radius 3 is 2.93 bits per heavy atom. The minimum atomic E-state index is -0.948. The van der Waals surface area contributed by atoms with Gasteiger partial charge in [-0.3, -0.25) is 4.40 Å². The number of anilines is 1. The van der Waals surface area contributed by atoms with Gasteiger partial charge in [-0.15, -0.1) is 0 Å². The zero-order chi connectivity index (χ0) is 19.0. The van der Waals surface area contributed by atoms with E-state index >= 15 is 0 Å². The number of pyridine rings is 2. The third-order valence-corrected chi connectivity index (χ3v) is 4.95. The third-order valence-electron chi connectivity index (χ3n) is 4.95. The molecule has 27 heavy (non-hydrogen) atoms. The van der Waals surface area contributed by atoms with Crippen LogP contribution in [-0.4, -0.2) is 44.8 Å². The molecule has 0 saturated carbocycles. The molecule has 4 heterocycles. The lowest BCUT2D eigenvalue weighted by molar-refractivity contribution is 0.0781. The minimum Gasteiger partial charge on any atom is -0.386 e. The monoisotopic (exact) mass is 369 g/mol. The summed E-state index contributed by atoms with van der Waals surface area (Å²) in [4.78, 5) is 9.08. The van der Waals surface area contributed by atoms with Gasteiger partial charge in [-0.25, -0.2) is 14.4 Å². The normalized spacial score (nSPS) is 20.7. The number of hydrogen-bond acceptors (Lipinski definition) is 5. The first-order chi connectivity index (χ1) is 12.9. The van der Waals surface area contributed by atoms with Crippen molar-refractivity contribution in [3.05, 3.63) is 48.3 Å². The van der Waals surface area contributed by atoms with Crippen molar-refractivity contribution < 1.29 is 9.50 Å². The van der Waals surface area contributed by atoms with Gasteiger partial charge in [0.15, 0.2) is 0 Å². The van der Waals surface area contributed by atoms with Crippen molar-refractivity contribution >= 4 is 11.5 Å². The van der Waals surface area contributed by atoms with Crippen LogP contribution in [-0.2, 0) is 5.60 Å². The van der Waals surface area contributed by atoms with Crippen molar-refractivity contribution in [2.24, 2.45) is 0 Å². The molecule has 0 amide bonds. The Kier molecular flexibility index (Phi) is 4.57. The van der Waals surface area contributed by atoms with Crippen molar-refractivity contribution in [2.45, 2.75) is 38.1 Å². The zero-order valence-corrected chi connectivity index (χ0v) is 15.5. The number of halogens is 1. The van der Waals surface area contributed by atoms with Gasteiger partial charge < -0.3 is 15.7 Å².